The topological polar surface area (TPSA) is 29.3 Å². The van der Waals surface area contributed by atoms with Crippen LogP contribution in [0.2, 0.25) is 0 Å². The fourth-order valence-corrected chi connectivity index (χ4v) is 3.78. The van der Waals surface area contributed by atoms with Crippen LogP contribution in [-0.4, -0.2) is 10.1 Å². The molecule has 2 bridgehead atoms. The zero-order valence-electron chi connectivity index (χ0n) is 11.4. The van der Waals surface area contributed by atoms with Crippen LogP contribution in [0.15, 0.2) is 28.8 Å². The van der Waals surface area contributed by atoms with Crippen molar-refractivity contribution in [3.63, 3.8) is 0 Å². The number of fused-ring (bicyclic) bond motifs is 5. The van der Waals surface area contributed by atoms with Crippen LogP contribution >= 0.6 is 0 Å². The zero-order chi connectivity index (χ0) is 13.0. The molecule has 2 aromatic rings. The first-order chi connectivity index (χ1) is 9.25. The Bertz CT molecular complexity index is 581. The summed E-state index contributed by atoms with van der Waals surface area (Å²) >= 11 is 0. The molecule has 3 heteroatoms. The second kappa shape index (κ2) is 3.94. The van der Waals surface area contributed by atoms with Gasteiger partial charge in [0.2, 0.25) is 0 Å². The molecule has 0 N–H and O–H groups in total. The third-order valence-corrected chi connectivity index (χ3v) is 4.75. The lowest BCUT2D eigenvalue weighted by molar-refractivity contribution is 0.212. The first-order valence-corrected chi connectivity index (χ1v) is 7.02. The fourth-order valence-electron chi connectivity index (χ4n) is 3.78. The molecular weight excluding hydrogens is 236 g/mol. The molecule has 3 nitrogen and oxygen atoms in total. The molecule has 2 aliphatic rings. The highest BCUT2D eigenvalue weighted by Gasteiger charge is 2.43. The lowest BCUT2D eigenvalue weighted by Gasteiger charge is -2.21. The van der Waals surface area contributed by atoms with Crippen LogP contribution in [-0.2, 0) is 6.54 Å². The van der Waals surface area contributed by atoms with Crippen molar-refractivity contribution in [3.8, 4) is 0 Å². The molecule has 19 heavy (non-hydrogen) atoms. The van der Waals surface area contributed by atoms with E-state index in [9.17, 15) is 0 Å². The molecule has 0 spiro atoms. The number of rotatable bonds is 2. The molecule has 4 rings (SSSR count). The summed E-state index contributed by atoms with van der Waals surface area (Å²) < 4.78 is 5.30. The van der Waals surface area contributed by atoms with E-state index >= 15 is 0 Å². The number of hydrogen-bond acceptors (Lipinski definition) is 3. The maximum absolute atomic E-state index is 5.30. The molecule has 0 saturated carbocycles. The predicted octanol–water partition coefficient (Wildman–Crippen LogP) is 3.68. The van der Waals surface area contributed by atoms with Gasteiger partial charge in [0.15, 0.2) is 0 Å². The largest absolute Gasteiger partial charge is 0.361 e. The minimum absolute atomic E-state index is 0.592. The summed E-state index contributed by atoms with van der Waals surface area (Å²) in [5.74, 6) is 0.966. The van der Waals surface area contributed by atoms with Crippen LogP contribution in [0.5, 0.6) is 0 Å². The predicted molar refractivity (Wildman–Crippen MR) is 72.7 cm³/mol. The smallest absolute Gasteiger partial charge is 0.138 e. The van der Waals surface area contributed by atoms with Crippen molar-refractivity contribution in [2.75, 3.05) is 0 Å². The van der Waals surface area contributed by atoms with Gasteiger partial charge in [-0.15, -0.1) is 0 Å². The highest BCUT2D eigenvalue weighted by Crippen LogP contribution is 2.53. The van der Waals surface area contributed by atoms with Crippen molar-refractivity contribution in [1.29, 1.82) is 0 Å². The minimum atomic E-state index is 0.592. The third kappa shape index (κ3) is 1.51. The highest BCUT2D eigenvalue weighted by molar-refractivity contribution is 5.40. The van der Waals surface area contributed by atoms with Gasteiger partial charge in [-0.1, -0.05) is 29.4 Å². The van der Waals surface area contributed by atoms with Crippen molar-refractivity contribution in [3.05, 3.63) is 52.4 Å². The van der Waals surface area contributed by atoms with E-state index in [0.29, 0.717) is 12.1 Å². The maximum atomic E-state index is 5.30. The van der Waals surface area contributed by atoms with Crippen molar-refractivity contribution < 1.29 is 4.52 Å². The van der Waals surface area contributed by atoms with Gasteiger partial charge in [0.25, 0.3) is 0 Å². The van der Waals surface area contributed by atoms with E-state index in [1.54, 1.807) is 0 Å². The summed E-state index contributed by atoms with van der Waals surface area (Å²) in [5, 5.41) is 4.08. The molecule has 2 aliphatic heterocycles. The number of aryl methyl sites for hydroxylation is 2. The average Bonchev–Trinajstić information content (AvgIpc) is 3.07. The van der Waals surface area contributed by atoms with Crippen LogP contribution in [0.25, 0.3) is 0 Å². The second-order valence-corrected chi connectivity index (χ2v) is 5.71. The van der Waals surface area contributed by atoms with Crippen molar-refractivity contribution >= 4 is 0 Å². The Balaban J connectivity index is 1.69. The van der Waals surface area contributed by atoms with E-state index < -0.39 is 0 Å². The first-order valence-electron chi connectivity index (χ1n) is 7.02. The second-order valence-electron chi connectivity index (χ2n) is 5.71. The molecule has 1 fully saturated rings. The normalized spacial score (nSPS) is 24.9. The van der Waals surface area contributed by atoms with E-state index in [-0.39, 0.29) is 0 Å². The molecule has 0 aliphatic carbocycles. The Kier molecular flexibility index (Phi) is 2.33. The number of nitrogens with zero attached hydrogens (tertiary/aromatic N) is 2. The van der Waals surface area contributed by atoms with Gasteiger partial charge in [-0.2, -0.15) is 0 Å². The van der Waals surface area contributed by atoms with Gasteiger partial charge in [0.05, 0.1) is 5.69 Å². The highest BCUT2D eigenvalue weighted by atomic mass is 16.5. The summed E-state index contributed by atoms with van der Waals surface area (Å²) in [4.78, 5) is 2.62. The third-order valence-electron chi connectivity index (χ3n) is 4.75. The Hall–Kier alpha value is -1.61. The Labute approximate surface area is 113 Å². The Morgan fingerprint density at radius 2 is 1.79 bits per heavy atom. The number of hydrogen-bond donors (Lipinski definition) is 0. The molecule has 0 radical (unpaired) electrons. The molecule has 98 valence electrons. The number of aromatic nitrogens is 1. The molecule has 2 unspecified atom stereocenters. The van der Waals surface area contributed by atoms with Crippen LogP contribution in [0.1, 0.15) is 53.1 Å². The molecule has 2 atom stereocenters. The molecular formula is C16H18N2O. The van der Waals surface area contributed by atoms with Gasteiger partial charge in [0, 0.05) is 24.2 Å². The van der Waals surface area contributed by atoms with Crippen LogP contribution < -0.4 is 0 Å². The zero-order valence-corrected chi connectivity index (χ0v) is 11.4. The molecule has 3 heterocycles. The van der Waals surface area contributed by atoms with Crippen molar-refractivity contribution in [2.24, 2.45) is 0 Å². The quantitative estimate of drug-likeness (QED) is 0.818. The van der Waals surface area contributed by atoms with Gasteiger partial charge in [-0.05, 0) is 37.8 Å². The minimum Gasteiger partial charge on any atom is -0.361 e. The lowest BCUT2D eigenvalue weighted by Crippen LogP contribution is -2.19. The monoisotopic (exact) mass is 254 g/mol. The Morgan fingerprint density at radius 1 is 1.16 bits per heavy atom. The SMILES string of the molecule is Cc1noc(C)c1CN1C2CCC1c1ccccc12. The summed E-state index contributed by atoms with van der Waals surface area (Å²) in [5.41, 5.74) is 5.37. The number of benzene rings is 1. The van der Waals surface area contributed by atoms with Gasteiger partial charge >= 0.3 is 0 Å². The van der Waals surface area contributed by atoms with Gasteiger partial charge < -0.3 is 4.52 Å². The van der Waals surface area contributed by atoms with Gasteiger partial charge in [-0.25, -0.2) is 0 Å². The maximum Gasteiger partial charge on any atom is 0.138 e. The molecule has 1 aromatic carbocycles. The van der Waals surface area contributed by atoms with E-state index in [4.69, 9.17) is 4.52 Å². The standard InChI is InChI=1S/C16H18N2O/c1-10-14(11(2)19-17-10)9-18-15-7-8-16(18)13-6-4-3-5-12(13)15/h3-6,15-16H,7-9H2,1-2H3. The van der Waals surface area contributed by atoms with E-state index in [1.807, 2.05) is 13.8 Å². The lowest BCUT2D eigenvalue weighted by atomic mass is 9.92. The molecule has 1 saturated heterocycles. The summed E-state index contributed by atoms with van der Waals surface area (Å²) in [6, 6.07) is 10.1. The van der Waals surface area contributed by atoms with E-state index in [2.05, 4.69) is 34.3 Å². The van der Waals surface area contributed by atoms with Crippen molar-refractivity contribution in [1.82, 2.24) is 10.1 Å². The van der Waals surface area contributed by atoms with Gasteiger partial charge in [0.1, 0.15) is 5.76 Å². The molecule has 1 aromatic heterocycles. The van der Waals surface area contributed by atoms with Crippen molar-refractivity contribution in [2.45, 2.75) is 45.3 Å². The summed E-state index contributed by atoms with van der Waals surface area (Å²) in [6.45, 7) is 5.02. The van der Waals surface area contributed by atoms with Gasteiger partial charge in [-0.3, -0.25) is 4.90 Å². The average molecular weight is 254 g/mol. The molecule has 0 amide bonds. The Morgan fingerprint density at radius 3 is 2.32 bits per heavy atom. The fraction of sp³-hybridized carbons (Fsp3) is 0.438. The van der Waals surface area contributed by atoms with E-state index in [1.165, 1.54) is 29.5 Å². The van der Waals surface area contributed by atoms with E-state index in [0.717, 1.165) is 18.0 Å². The summed E-state index contributed by atoms with van der Waals surface area (Å²) in [7, 11) is 0. The van der Waals surface area contributed by atoms with Crippen LogP contribution in [0.4, 0.5) is 0 Å². The van der Waals surface area contributed by atoms with Crippen LogP contribution in [0.3, 0.4) is 0 Å². The summed E-state index contributed by atoms with van der Waals surface area (Å²) in [6.07, 6.45) is 2.57. The van der Waals surface area contributed by atoms with Crippen LogP contribution in [0, 0.1) is 13.8 Å². The first kappa shape index (κ1) is 11.2.